The van der Waals surface area contributed by atoms with Gasteiger partial charge in [0.25, 0.3) is 0 Å². The summed E-state index contributed by atoms with van der Waals surface area (Å²) >= 11 is 0. The van der Waals surface area contributed by atoms with Crippen LogP contribution in [0.4, 0.5) is 13.2 Å². The number of nitrogens with two attached hydrogens (primary N) is 1. The van der Waals surface area contributed by atoms with Gasteiger partial charge in [-0.05, 0) is 31.8 Å². The Balaban J connectivity index is 2.50. The van der Waals surface area contributed by atoms with Crippen molar-refractivity contribution in [3.8, 4) is 0 Å². The highest BCUT2D eigenvalue weighted by molar-refractivity contribution is 4.83. The van der Waals surface area contributed by atoms with E-state index in [1.165, 1.54) is 4.90 Å². The largest absolute Gasteiger partial charge is 0.405 e. The summed E-state index contributed by atoms with van der Waals surface area (Å²) in [6.45, 7) is 2.81. The van der Waals surface area contributed by atoms with Crippen LogP contribution < -0.4 is 5.73 Å². The van der Waals surface area contributed by atoms with Crippen molar-refractivity contribution in [1.82, 2.24) is 4.90 Å². The predicted molar refractivity (Wildman–Crippen MR) is 53.5 cm³/mol. The molecule has 0 saturated carbocycles. The predicted octanol–water partition coefficient (Wildman–Crippen LogP) is 2.00. The number of rotatable bonds is 3. The van der Waals surface area contributed by atoms with Gasteiger partial charge >= 0.3 is 6.18 Å². The van der Waals surface area contributed by atoms with E-state index in [0.717, 1.165) is 19.3 Å². The number of halogens is 3. The fraction of sp³-hybridized carbons (Fsp3) is 1.00. The second-order valence-corrected chi connectivity index (χ2v) is 4.18. The fourth-order valence-corrected chi connectivity index (χ4v) is 2.16. The van der Waals surface area contributed by atoms with E-state index in [4.69, 9.17) is 5.73 Å². The molecule has 1 saturated heterocycles. The lowest BCUT2D eigenvalue weighted by Gasteiger charge is -2.37. The van der Waals surface area contributed by atoms with Gasteiger partial charge in [0.1, 0.15) is 6.04 Å². The van der Waals surface area contributed by atoms with E-state index >= 15 is 0 Å². The third-order valence-electron chi connectivity index (χ3n) is 3.27. The molecule has 0 aromatic carbocycles. The molecule has 1 atom stereocenters. The topological polar surface area (TPSA) is 29.3 Å². The molecule has 0 aliphatic carbocycles. The van der Waals surface area contributed by atoms with Gasteiger partial charge in [0.05, 0.1) is 0 Å². The van der Waals surface area contributed by atoms with Gasteiger partial charge in [-0.3, -0.25) is 4.90 Å². The van der Waals surface area contributed by atoms with Crippen LogP contribution in [0, 0.1) is 5.92 Å². The molecule has 1 aliphatic rings. The second-order valence-electron chi connectivity index (χ2n) is 4.18. The maximum Gasteiger partial charge on any atom is 0.405 e. The molecule has 1 heterocycles. The Labute approximate surface area is 88.6 Å². The Morgan fingerprint density at radius 3 is 2.20 bits per heavy atom. The second kappa shape index (κ2) is 5.16. The Bertz CT molecular complexity index is 186. The maximum atomic E-state index is 12.6. The van der Waals surface area contributed by atoms with E-state index in [1.807, 2.05) is 0 Å². The average molecular weight is 224 g/mol. The van der Waals surface area contributed by atoms with Crippen molar-refractivity contribution in [2.75, 3.05) is 19.6 Å². The zero-order chi connectivity index (χ0) is 11.5. The minimum atomic E-state index is -4.19. The van der Waals surface area contributed by atoms with Crippen molar-refractivity contribution >= 4 is 0 Å². The molecular weight excluding hydrogens is 205 g/mol. The lowest BCUT2D eigenvalue weighted by molar-refractivity contribution is -0.184. The van der Waals surface area contributed by atoms with Gasteiger partial charge in [0.2, 0.25) is 0 Å². The normalized spacial score (nSPS) is 23.0. The van der Waals surface area contributed by atoms with Crippen LogP contribution in [0.1, 0.15) is 26.2 Å². The molecule has 0 radical (unpaired) electrons. The zero-order valence-electron chi connectivity index (χ0n) is 9.06. The van der Waals surface area contributed by atoms with E-state index in [2.05, 4.69) is 6.92 Å². The van der Waals surface area contributed by atoms with Crippen LogP contribution in [-0.4, -0.2) is 36.8 Å². The Hall–Kier alpha value is -0.290. The lowest BCUT2D eigenvalue weighted by Crippen LogP contribution is -2.52. The lowest BCUT2D eigenvalue weighted by atomic mass is 9.93. The average Bonchev–Trinajstić information content (AvgIpc) is 2.18. The molecule has 0 bridgehead atoms. The SMILES string of the molecule is CCC1CCN(C(CN)C(F)(F)F)CC1. The van der Waals surface area contributed by atoms with Gasteiger partial charge in [0.15, 0.2) is 0 Å². The van der Waals surface area contributed by atoms with E-state index < -0.39 is 12.2 Å². The molecule has 5 heteroatoms. The molecule has 0 aromatic rings. The van der Waals surface area contributed by atoms with Gasteiger partial charge in [0, 0.05) is 6.54 Å². The standard InChI is InChI=1S/C10H19F3N2/c1-2-8-3-5-15(6-4-8)9(7-14)10(11,12)13/h8-9H,2-7,14H2,1H3. The molecule has 0 spiro atoms. The maximum absolute atomic E-state index is 12.6. The van der Waals surface area contributed by atoms with Gasteiger partial charge < -0.3 is 5.73 Å². The highest BCUT2D eigenvalue weighted by atomic mass is 19.4. The van der Waals surface area contributed by atoms with Crippen LogP contribution in [0.25, 0.3) is 0 Å². The van der Waals surface area contributed by atoms with Crippen molar-refractivity contribution in [1.29, 1.82) is 0 Å². The fourth-order valence-electron chi connectivity index (χ4n) is 2.16. The van der Waals surface area contributed by atoms with E-state index in [-0.39, 0.29) is 6.54 Å². The van der Waals surface area contributed by atoms with Gasteiger partial charge in [-0.25, -0.2) is 0 Å². The molecule has 15 heavy (non-hydrogen) atoms. The van der Waals surface area contributed by atoms with E-state index in [0.29, 0.717) is 19.0 Å². The summed E-state index contributed by atoms with van der Waals surface area (Å²) in [6.07, 6.45) is -1.40. The zero-order valence-corrected chi connectivity index (χ0v) is 9.06. The van der Waals surface area contributed by atoms with Crippen LogP contribution in [0.2, 0.25) is 0 Å². The highest BCUT2D eigenvalue weighted by Gasteiger charge is 2.43. The summed E-state index contributed by atoms with van der Waals surface area (Å²) < 4.78 is 37.7. The first-order valence-corrected chi connectivity index (χ1v) is 5.49. The molecule has 2 nitrogen and oxygen atoms in total. The summed E-state index contributed by atoms with van der Waals surface area (Å²) in [5, 5.41) is 0. The number of hydrogen-bond acceptors (Lipinski definition) is 2. The van der Waals surface area contributed by atoms with E-state index in [1.54, 1.807) is 0 Å². The van der Waals surface area contributed by atoms with Gasteiger partial charge in [-0.1, -0.05) is 13.3 Å². The van der Waals surface area contributed by atoms with Crippen LogP contribution >= 0.6 is 0 Å². The number of hydrogen-bond donors (Lipinski definition) is 1. The Morgan fingerprint density at radius 2 is 1.87 bits per heavy atom. The van der Waals surface area contributed by atoms with Crippen LogP contribution in [0.15, 0.2) is 0 Å². The Kier molecular flexibility index (Phi) is 4.40. The first-order valence-electron chi connectivity index (χ1n) is 5.49. The minimum Gasteiger partial charge on any atom is -0.329 e. The molecule has 2 N–H and O–H groups in total. The number of alkyl halides is 3. The monoisotopic (exact) mass is 224 g/mol. The van der Waals surface area contributed by atoms with Crippen LogP contribution in [0.5, 0.6) is 0 Å². The summed E-state index contributed by atoms with van der Waals surface area (Å²) in [5.41, 5.74) is 5.20. The first kappa shape index (κ1) is 12.8. The summed E-state index contributed by atoms with van der Waals surface area (Å²) in [5.74, 6) is 0.591. The summed E-state index contributed by atoms with van der Waals surface area (Å²) in [7, 11) is 0. The molecule has 1 fully saturated rings. The van der Waals surface area contributed by atoms with Gasteiger partial charge in [-0.15, -0.1) is 0 Å². The van der Waals surface area contributed by atoms with Crippen LogP contribution in [0.3, 0.4) is 0 Å². The molecule has 0 aromatic heterocycles. The van der Waals surface area contributed by atoms with Crippen LogP contribution in [-0.2, 0) is 0 Å². The molecule has 0 amide bonds. The summed E-state index contributed by atoms with van der Waals surface area (Å²) in [4.78, 5) is 1.48. The van der Waals surface area contributed by atoms with Gasteiger partial charge in [-0.2, -0.15) is 13.2 Å². The summed E-state index contributed by atoms with van der Waals surface area (Å²) in [6, 6.07) is -1.45. The number of nitrogens with zero attached hydrogens (tertiary/aromatic N) is 1. The van der Waals surface area contributed by atoms with E-state index in [9.17, 15) is 13.2 Å². The third-order valence-corrected chi connectivity index (χ3v) is 3.27. The Morgan fingerprint density at radius 1 is 1.33 bits per heavy atom. The highest BCUT2D eigenvalue weighted by Crippen LogP contribution is 2.28. The molecule has 1 aliphatic heterocycles. The van der Waals surface area contributed by atoms with Crippen molar-refractivity contribution < 1.29 is 13.2 Å². The molecular formula is C10H19F3N2. The quantitative estimate of drug-likeness (QED) is 0.794. The van der Waals surface area contributed by atoms with Crippen molar-refractivity contribution in [2.45, 2.75) is 38.4 Å². The first-order chi connectivity index (χ1) is 6.99. The molecule has 1 unspecified atom stereocenters. The molecule has 1 rings (SSSR count). The van der Waals surface area contributed by atoms with Crippen molar-refractivity contribution in [3.63, 3.8) is 0 Å². The minimum absolute atomic E-state index is 0.333. The number of piperidine rings is 1. The smallest absolute Gasteiger partial charge is 0.329 e. The number of likely N-dealkylation sites (tertiary alicyclic amines) is 1. The third kappa shape index (κ3) is 3.34. The molecule has 90 valence electrons. The van der Waals surface area contributed by atoms with Crippen molar-refractivity contribution in [3.05, 3.63) is 0 Å². The van der Waals surface area contributed by atoms with Crippen molar-refractivity contribution in [2.24, 2.45) is 11.7 Å².